The number of hydrogen-bond donors (Lipinski definition) is 1. The fourth-order valence-electron chi connectivity index (χ4n) is 1.59. The molecule has 1 aromatic heterocycles. The van der Waals surface area contributed by atoms with Crippen LogP contribution in [0.5, 0.6) is 5.75 Å². The van der Waals surface area contributed by atoms with Crippen molar-refractivity contribution in [3.63, 3.8) is 0 Å². The molecule has 0 spiro atoms. The fourth-order valence-corrected chi connectivity index (χ4v) is 1.59. The second-order valence-electron chi connectivity index (χ2n) is 3.40. The number of likely N-dealkylation sites (tertiary alicyclic amines) is 1. The average molecular weight is 192 g/mol. The molecule has 1 aromatic rings. The van der Waals surface area contributed by atoms with Crippen LogP contribution in [0.2, 0.25) is 0 Å². The third-order valence-electron chi connectivity index (χ3n) is 2.36. The molecule has 0 bridgehead atoms. The van der Waals surface area contributed by atoms with Gasteiger partial charge in [-0.3, -0.25) is 4.79 Å². The van der Waals surface area contributed by atoms with E-state index in [4.69, 9.17) is 5.11 Å². The third kappa shape index (κ3) is 1.69. The molecule has 1 saturated heterocycles. The minimum absolute atomic E-state index is 0.0394. The smallest absolute Gasteiger partial charge is 0.272 e. The Kier molecular flexibility index (Phi) is 2.35. The van der Waals surface area contributed by atoms with Crippen LogP contribution in [-0.2, 0) is 0 Å². The molecule has 1 aliphatic rings. The van der Waals surface area contributed by atoms with Gasteiger partial charge in [0, 0.05) is 13.1 Å². The Bertz CT molecular complexity index is 328. The van der Waals surface area contributed by atoms with E-state index >= 15 is 0 Å². The van der Waals surface area contributed by atoms with Crippen LogP contribution < -0.4 is 0 Å². The predicted octanol–water partition coefficient (Wildman–Crippen LogP) is 1.02. The van der Waals surface area contributed by atoms with Crippen LogP contribution in [0, 0.1) is 0 Å². The zero-order valence-corrected chi connectivity index (χ0v) is 7.81. The Morgan fingerprint density at radius 3 is 2.64 bits per heavy atom. The summed E-state index contributed by atoms with van der Waals surface area (Å²) in [5.41, 5.74) is 0.407. The van der Waals surface area contributed by atoms with Crippen LogP contribution >= 0.6 is 0 Å². The first-order valence-corrected chi connectivity index (χ1v) is 4.71. The number of carbonyl (C=O) groups is 1. The molecule has 2 rings (SSSR count). The van der Waals surface area contributed by atoms with Crippen molar-refractivity contribution in [2.75, 3.05) is 13.1 Å². The Labute approximate surface area is 82.2 Å². The van der Waals surface area contributed by atoms with E-state index in [1.807, 2.05) is 0 Å². The molecule has 74 valence electrons. The molecule has 14 heavy (non-hydrogen) atoms. The summed E-state index contributed by atoms with van der Waals surface area (Å²) >= 11 is 0. The van der Waals surface area contributed by atoms with Crippen molar-refractivity contribution >= 4 is 5.91 Å². The maximum absolute atomic E-state index is 11.7. The molecule has 0 saturated carbocycles. The lowest BCUT2D eigenvalue weighted by Gasteiger charge is -2.13. The molecule has 0 radical (unpaired) electrons. The van der Waals surface area contributed by atoms with Gasteiger partial charge >= 0.3 is 0 Å². The van der Waals surface area contributed by atoms with E-state index in [0.717, 1.165) is 25.9 Å². The number of aromatic nitrogens is 1. The second-order valence-corrected chi connectivity index (χ2v) is 3.40. The van der Waals surface area contributed by atoms with E-state index in [0.29, 0.717) is 5.69 Å². The summed E-state index contributed by atoms with van der Waals surface area (Å²) in [5.74, 6) is 0.0467. The summed E-state index contributed by atoms with van der Waals surface area (Å²) in [6.45, 7) is 1.64. The quantitative estimate of drug-likeness (QED) is 0.722. The largest absolute Gasteiger partial charge is 0.506 e. The summed E-state index contributed by atoms with van der Waals surface area (Å²) in [4.78, 5) is 17.4. The highest BCUT2D eigenvalue weighted by molar-refractivity contribution is 5.92. The molecule has 1 fully saturated rings. The number of rotatable bonds is 1. The second kappa shape index (κ2) is 3.65. The number of pyridine rings is 1. The van der Waals surface area contributed by atoms with Crippen LogP contribution in [0.25, 0.3) is 0 Å². The minimum atomic E-state index is -0.0394. The van der Waals surface area contributed by atoms with Crippen molar-refractivity contribution in [3.8, 4) is 5.75 Å². The molecular formula is C10H12N2O2. The highest BCUT2D eigenvalue weighted by Crippen LogP contribution is 2.13. The normalized spacial score (nSPS) is 15.9. The molecule has 4 nitrogen and oxygen atoms in total. The first-order chi connectivity index (χ1) is 6.77. The number of aromatic hydroxyl groups is 1. The number of carbonyl (C=O) groups excluding carboxylic acids is 1. The maximum Gasteiger partial charge on any atom is 0.272 e. The van der Waals surface area contributed by atoms with Crippen LogP contribution in [0.1, 0.15) is 23.3 Å². The van der Waals surface area contributed by atoms with E-state index in [9.17, 15) is 4.79 Å². The van der Waals surface area contributed by atoms with Crippen molar-refractivity contribution < 1.29 is 9.90 Å². The fraction of sp³-hybridized carbons (Fsp3) is 0.400. The topological polar surface area (TPSA) is 53.4 Å². The molecule has 0 aliphatic carbocycles. The Hall–Kier alpha value is -1.58. The van der Waals surface area contributed by atoms with E-state index in [1.165, 1.54) is 12.3 Å². The van der Waals surface area contributed by atoms with Gasteiger partial charge in [0.2, 0.25) is 0 Å². The molecule has 4 heteroatoms. The Balaban J connectivity index is 2.14. The number of amides is 1. The summed E-state index contributed by atoms with van der Waals surface area (Å²) in [5, 5.41) is 9.02. The predicted molar refractivity (Wildman–Crippen MR) is 51.0 cm³/mol. The molecular weight excluding hydrogens is 180 g/mol. The van der Waals surface area contributed by atoms with E-state index in [-0.39, 0.29) is 11.7 Å². The molecule has 1 N–H and O–H groups in total. The standard InChI is InChI=1S/C10H12N2O2/c13-8-3-4-9(11-7-8)10(14)12-5-1-2-6-12/h3-4,7,13H,1-2,5-6H2. The van der Waals surface area contributed by atoms with Crippen molar-refractivity contribution in [1.29, 1.82) is 0 Å². The van der Waals surface area contributed by atoms with Gasteiger partial charge in [-0.1, -0.05) is 0 Å². The van der Waals surface area contributed by atoms with Gasteiger partial charge < -0.3 is 10.0 Å². The molecule has 0 aromatic carbocycles. The number of hydrogen-bond acceptors (Lipinski definition) is 3. The van der Waals surface area contributed by atoms with Gasteiger partial charge in [-0.15, -0.1) is 0 Å². The van der Waals surface area contributed by atoms with Crippen LogP contribution in [-0.4, -0.2) is 34.0 Å². The zero-order chi connectivity index (χ0) is 9.97. The highest BCUT2D eigenvalue weighted by Gasteiger charge is 2.19. The molecule has 1 aliphatic heterocycles. The first kappa shape index (κ1) is 8.99. The third-order valence-corrected chi connectivity index (χ3v) is 2.36. The van der Waals surface area contributed by atoms with Gasteiger partial charge in [0.25, 0.3) is 5.91 Å². The van der Waals surface area contributed by atoms with Crippen LogP contribution in [0.4, 0.5) is 0 Å². The van der Waals surface area contributed by atoms with Crippen LogP contribution in [0.15, 0.2) is 18.3 Å². The lowest BCUT2D eigenvalue weighted by molar-refractivity contribution is 0.0787. The maximum atomic E-state index is 11.7. The van der Waals surface area contributed by atoms with Crippen molar-refractivity contribution in [1.82, 2.24) is 9.88 Å². The van der Waals surface area contributed by atoms with Crippen molar-refractivity contribution in [2.24, 2.45) is 0 Å². The molecule has 2 heterocycles. The SMILES string of the molecule is O=C(c1ccc(O)cn1)N1CCCC1. The lowest BCUT2D eigenvalue weighted by Crippen LogP contribution is -2.28. The zero-order valence-electron chi connectivity index (χ0n) is 7.81. The Morgan fingerprint density at radius 1 is 1.36 bits per heavy atom. The highest BCUT2D eigenvalue weighted by atomic mass is 16.3. The van der Waals surface area contributed by atoms with Gasteiger partial charge in [-0.25, -0.2) is 4.98 Å². The summed E-state index contributed by atoms with van der Waals surface area (Å²) in [7, 11) is 0. The summed E-state index contributed by atoms with van der Waals surface area (Å²) < 4.78 is 0. The first-order valence-electron chi connectivity index (χ1n) is 4.71. The van der Waals surface area contributed by atoms with Gasteiger partial charge in [-0.05, 0) is 25.0 Å². The summed E-state index contributed by atoms with van der Waals surface area (Å²) in [6, 6.07) is 3.03. The lowest BCUT2D eigenvalue weighted by atomic mass is 10.3. The van der Waals surface area contributed by atoms with Gasteiger partial charge in [0.05, 0.1) is 6.20 Å². The molecule has 1 amide bonds. The van der Waals surface area contributed by atoms with E-state index < -0.39 is 0 Å². The summed E-state index contributed by atoms with van der Waals surface area (Å²) in [6.07, 6.45) is 3.44. The minimum Gasteiger partial charge on any atom is -0.506 e. The molecule has 0 unspecified atom stereocenters. The molecule has 0 atom stereocenters. The van der Waals surface area contributed by atoms with Gasteiger partial charge in [-0.2, -0.15) is 0 Å². The van der Waals surface area contributed by atoms with Crippen LogP contribution in [0.3, 0.4) is 0 Å². The van der Waals surface area contributed by atoms with Crippen molar-refractivity contribution in [2.45, 2.75) is 12.8 Å². The monoisotopic (exact) mass is 192 g/mol. The van der Waals surface area contributed by atoms with Crippen molar-refractivity contribution in [3.05, 3.63) is 24.0 Å². The van der Waals surface area contributed by atoms with Gasteiger partial charge in [0.1, 0.15) is 11.4 Å². The van der Waals surface area contributed by atoms with E-state index in [1.54, 1.807) is 11.0 Å². The Morgan fingerprint density at radius 2 is 2.07 bits per heavy atom. The number of nitrogens with zero attached hydrogens (tertiary/aromatic N) is 2. The van der Waals surface area contributed by atoms with E-state index in [2.05, 4.69) is 4.98 Å². The van der Waals surface area contributed by atoms with Gasteiger partial charge in [0.15, 0.2) is 0 Å². The average Bonchev–Trinajstić information content (AvgIpc) is 2.71.